The zero-order valence-electron chi connectivity index (χ0n) is 13.2. The van der Waals surface area contributed by atoms with Gasteiger partial charge in [-0.25, -0.2) is 0 Å². The van der Waals surface area contributed by atoms with Crippen molar-refractivity contribution in [2.24, 2.45) is 7.05 Å². The van der Waals surface area contributed by atoms with Gasteiger partial charge in [-0.05, 0) is 25.5 Å². The van der Waals surface area contributed by atoms with Gasteiger partial charge in [0.2, 0.25) is 0 Å². The predicted octanol–water partition coefficient (Wildman–Crippen LogP) is 2.32. The van der Waals surface area contributed by atoms with Gasteiger partial charge in [-0.1, -0.05) is 12.1 Å². The number of benzene rings is 1. The lowest BCUT2D eigenvalue weighted by atomic mass is 10.1. The largest absolute Gasteiger partial charge is 0.496 e. The summed E-state index contributed by atoms with van der Waals surface area (Å²) in [5.41, 5.74) is 3.63. The van der Waals surface area contributed by atoms with E-state index in [1.807, 2.05) is 43.8 Å². The number of hydrogen-bond acceptors (Lipinski definition) is 3. The van der Waals surface area contributed by atoms with Crippen LogP contribution in [0.4, 0.5) is 0 Å². The highest BCUT2D eigenvalue weighted by Gasteiger charge is 2.20. The molecule has 0 N–H and O–H groups in total. The highest BCUT2D eigenvalue weighted by Crippen LogP contribution is 2.23. The minimum atomic E-state index is -0.0480. The average Bonchev–Trinajstić information content (AvgIpc) is 2.78. The molecule has 2 rings (SSSR count). The quantitative estimate of drug-likeness (QED) is 0.867. The first-order chi connectivity index (χ1) is 9.95. The molecule has 1 aromatic heterocycles. The summed E-state index contributed by atoms with van der Waals surface area (Å²) >= 11 is 0. The minimum Gasteiger partial charge on any atom is -0.496 e. The van der Waals surface area contributed by atoms with E-state index in [9.17, 15) is 4.79 Å². The van der Waals surface area contributed by atoms with E-state index in [-0.39, 0.29) is 5.91 Å². The van der Waals surface area contributed by atoms with Crippen LogP contribution in [0.1, 0.15) is 27.2 Å². The van der Waals surface area contributed by atoms with E-state index in [0.717, 1.165) is 16.8 Å². The predicted molar refractivity (Wildman–Crippen MR) is 81.5 cm³/mol. The smallest absolute Gasteiger partial charge is 0.257 e. The van der Waals surface area contributed by atoms with Crippen LogP contribution in [0.2, 0.25) is 0 Å². The van der Waals surface area contributed by atoms with Crippen LogP contribution >= 0.6 is 0 Å². The summed E-state index contributed by atoms with van der Waals surface area (Å²) in [5.74, 6) is 0.558. The number of amides is 1. The standard InChI is InChI=1S/C16H21N3O2/c1-11-7-6-8-14(21-5)15(11)16(20)18(3)10-13-9-17-19(4)12(13)2/h6-9H,10H2,1-5H3. The number of aromatic nitrogens is 2. The Morgan fingerprint density at radius 1 is 1.38 bits per heavy atom. The molecule has 0 aliphatic rings. The fraction of sp³-hybridized carbons (Fsp3) is 0.375. The molecule has 0 radical (unpaired) electrons. The van der Waals surface area contributed by atoms with Crippen molar-refractivity contribution in [2.45, 2.75) is 20.4 Å². The molecule has 0 fully saturated rings. The van der Waals surface area contributed by atoms with Crippen LogP contribution in [0.5, 0.6) is 5.75 Å². The lowest BCUT2D eigenvalue weighted by Crippen LogP contribution is -2.27. The number of carbonyl (C=O) groups excluding carboxylic acids is 1. The second kappa shape index (κ2) is 5.99. The highest BCUT2D eigenvalue weighted by atomic mass is 16.5. The van der Waals surface area contributed by atoms with Gasteiger partial charge in [0, 0.05) is 31.9 Å². The van der Waals surface area contributed by atoms with Crippen LogP contribution in [0, 0.1) is 13.8 Å². The number of carbonyl (C=O) groups is 1. The fourth-order valence-electron chi connectivity index (χ4n) is 2.30. The second-order valence-corrected chi connectivity index (χ2v) is 5.19. The minimum absolute atomic E-state index is 0.0480. The average molecular weight is 287 g/mol. The van der Waals surface area contributed by atoms with Gasteiger partial charge in [0.25, 0.3) is 5.91 Å². The van der Waals surface area contributed by atoms with Gasteiger partial charge in [-0.3, -0.25) is 9.48 Å². The van der Waals surface area contributed by atoms with Crippen molar-refractivity contribution in [3.8, 4) is 5.75 Å². The SMILES string of the molecule is COc1cccc(C)c1C(=O)N(C)Cc1cnn(C)c1C. The Hall–Kier alpha value is -2.30. The van der Waals surface area contributed by atoms with E-state index in [1.165, 1.54) is 0 Å². The molecule has 0 saturated heterocycles. The molecule has 2 aromatic rings. The first-order valence-electron chi connectivity index (χ1n) is 6.82. The summed E-state index contributed by atoms with van der Waals surface area (Å²) in [6, 6.07) is 5.61. The van der Waals surface area contributed by atoms with E-state index in [0.29, 0.717) is 17.9 Å². The normalized spacial score (nSPS) is 10.5. The molecule has 0 saturated carbocycles. The van der Waals surface area contributed by atoms with Crippen LogP contribution in [-0.4, -0.2) is 34.7 Å². The molecule has 112 valence electrons. The molecule has 0 aliphatic heterocycles. The number of aryl methyl sites for hydroxylation is 2. The lowest BCUT2D eigenvalue weighted by Gasteiger charge is -2.20. The number of rotatable bonds is 4. The van der Waals surface area contributed by atoms with E-state index in [1.54, 1.807) is 25.3 Å². The topological polar surface area (TPSA) is 47.4 Å². The number of hydrogen-bond donors (Lipinski definition) is 0. The van der Waals surface area contributed by atoms with Crippen LogP contribution in [0.3, 0.4) is 0 Å². The monoisotopic (exact) mass is 287 g/mol. The zero-order chi connectivity index (χ0) is 15.6. The Morgan fingerprint density at radius 3 is 2.67 bits per heavy atom. The van der Waals surface area contributed by atoms with Crippen molar-refractivity contribution in [3.05, 3.63) is 46.8 Å². The number of nitrogens with zero attached hydrogens (tertiary/aromatic N) is 3. The molecule has 5 heteroatoms. The molecule has 5 nitrogen and oxygen atoms in total. The number of methoxy groups -OCH3 is 1. The van der Waals surface area contributed by atoms with Gasteiger partial charge in [0.05, 0.1) is 18.9 Å². The Bertz CT molecular complexity index is 662. The first-order valence-corrected chi connectivity index (χ1v) is 6.82. The summed E-state index contributed by atoms with van der Waals surface area (Å²) in [7, 11) is 5.27. The maximum Gasteiger partial charge on any atom is 0.257 e. The van der Waals surface area contributed by atoms with Crippen LogP contribution in [0.25, 0.3) is 0 Å². The van der Waals surface area contributed by atoms with Crippen molar-refractivity contribution < 1.29 is 9.53 Å². The molecule has 1 aromatic carbocycles. The molecule has 0 aliphatic carbocycles. The van der Waals surface area contributed by atoms with Crippen molar-refractivity contribution >= 4 is 5.91 Å². The van der Waals surface area contributed by atoms with Crippen molar-refractivity contribution in [1.82, 2.24) is 14.7 Å². The molecule has 0 unspecified atom stereocenters. The summed E-state index contributed by atoms with van der Waals surface area (Å²) in [6.07, 6.45) is 1.80. The molecule has 0 atom stereocenters. The Kier molecular flexibility index (Phi) is 4.31. The Labute approximate surface area is 125 Å². The van der Waals surface area contributed by atoms with Gasteiger partial charge in [0.1, 0.15) is 5.75 Å². The highest BCUT2D eigenvalue weighted by molar-refractivity contribution is 5.98. The van der Waals surface area contributed by atoms with Crippen molar-refractivity contribution in [2.75, 3.05) is 14.2 Å². The summed E-state index contributed by atoms with van der Waals surface area (Å²) in [6.45, 7) is 4.43. The van der Waals surface area contributed by atoms with Gasteiger partial charge >= 0.3 is 0 Å². The number of ether oxygens (including phenoxy) is 1. The third-order valence-corrected chi connectivity index (χ3v) is 3.76. The summed E-state index contributed by atoms with van der Waals surface area (Å²) in [4.78, 5) is 14.4. The third-order valence-electron chi connectivity index (χ3n) is 3.76. The third kappa shape index (κ3) is 2.91. The van der Waals surface area contributed by atoms with E-state index >= 15 is 0 Å². The molecule has 1 amide bonds. The maximum atomic E-state index is 12.7. The van der Waals surface area contributed by atoms with Crippen LogP contribution in [0.15, 0.2) is 24.4 Å². The molecular formula is C16H21N3O2. The van der Waals surface area contributed by atoms with Crippen LogP contribution in [-0.2, 0) is 13.6 Å². The van der Waals surface area contributed by atoms with Gasteiger partial charge < -0.3 is 9.64 Å². The fourth-order valence-corrected chi connectivity index (χ4v) is 2.30. The van der Waals surface area contributed by atoms with E-state index < -0.39 is 0 Å². The summed E-state index contributed by atoms with van der Waals surface area (Å²) < 4.78 is 7.12. The van der Waals surface area contributed by atoms with Crippen molar-refractivity contribution in [1.29, 1.82) is 0 Å². The van der Waals surface area contributed by atoms with E-state index in [4.69, 9.17) is 4.74 Å². The molecule has 21 heavy (non-hydrogen) atoms. The van der Waals surface area contributed by atoms with Crippen LogP contribution < -0.4 is 4.74 Å². The summed E-state index contributed by atoms with van der Waals surface area (Å²) in [5, 5.41) is 4.21. The van der Waals surface area contributed by atoms with Crippen molar-refractivity contribution in [3.63, 3.8) is 0 Å². The van der Waals surface area contributed by atoms with Gasteiger partial charge in [-0.15, -0.1) is 0 Å². The Morgan fingerprint density at radius 2 is 2.10 bits per heavy atom. The van der Waals surface area contributed by atoms with Gasteiger partial charge in [0.15, 0.2) is 0 Å². The second-order valence-electron chi connectivity index (χ2n) is 5.19. The molecule has 0 spiro atoms. The molecular weight excluding hydrogens is 266 g/mol. The lowest BCUT2D eigenvalue weighted by molar-refractivity contribution is 0.0780. The molecule has 1 heterocycles. The zero-order valence-corrected chi connectivity index (χ0v) is 13.2. The molecule has 0 bridgehead atoms. The maximum absolute atomic E-state index is 12.7. The Balaban J connectivity index is 2.26. The van der Waals surface area contributed by atoms with Gasteiger partial charge in [-0.2, -0.15) is 5.10 Å². The first kappa shape index (κ1) is 15.1. The van der Waals surface area contributed by atoms with E-state index in [2.05, 4.69) is 5.10 Å².